The lowest BCUT2D eigenvalue weighted by atomic mass is 9.68. The number of rotatable bonds is 3. The average Bonchev–Trinajstić information content (AvgIpc) is 2.69. The van der Waals surface area contributed by atoms with Crippen LogP contribution >= 0.6 is 0 Å². The van der Waals surface area contributed by atoms with E-state index in [1.807, 2.05) is 4.90 Å². The minimum Gasteiger partial charge on any atom is -0.481 e. The van der Waals surface area contributed by atoms with E-state index in [0.717, 1.165) is 25.7 Å². The van der Waals surface area contributed by atoms with E-state index in [-0.39, 0.29) is 17.9 Å². The van der Waals surface area contributed by atoms with Crippen LogP contribution in [-0.4, -0.2) is 70.2 Å². The van der Waals surface area contributed by atoms with E-state index in [4.69, 9.17) is 0 Å². The Hall–Kier alpha value is -1.14. The third-order valence-corrected chi connectivity index (χ3v) is 6.06. The van der Waals surface area contributed by atoms with Gasteiger partial charge in [0.1, 0.15) is 0 Å². The number of hydrogen-bond donors (Lipinski definition) is 2. The summed E-state index contributed by atoms with van der Waals surface area (Å²) in [6.07, 6.45) is 3.55. The largest absolute Gasteiger partial charge is 0.481 e. The van der Waals surface area contributed by atoms with Crippen LogP contribution < -0.4 is 0 Å². The minimum absolute atomic E-state index is 0.0857. The van der Waals surface area contributed by atoms with Crippen LogP contribution in [0.1, 0.15) is 53.4 Å². The fraction of sp³-hybridized carbons (Fsp3) is 0.895. The van der Waals surface area contributed by atoms with E-state index in [2.05, 4.69) is 20.8 Å². The molecule has 144 valence electrons. The van der Waals surface area contributed by atoms with Gasteiger partial charge >= 0.3 is 5.97 Å². The standard InChI is InChI=1S/C19H34N2O4/c1-14(22)21-10-9-20(11-15(12-21)17(23)24)13-19(25)7-5-16(6-8-19)18(2,3)4/h15-16,25H,5-13H2,1-4H3,(H,23,24)/t15-,16?,19?/m1/s1. The number of hydrogen-bond acceptors (Lipinski definition) is 4. The summed E-state index contributed by atoms with van der Waals surface area (Å²) in [5, 5.41) is 20.5. The molecule has 6 heteroatoms. The molecule has 1 saturated carbocycles. The summed E-state index contributed by atoms with van der Waals surface area (Å²) in [5.41, 5.74) is -0.476. The highest BCUT2D eigenvalue weighted by molar-refractivity contribution is 5.75. The van der Waals surface area contributed by atoms with Gasteiger partial charge in [-0.2, -0.15) is 0 Å². The first-order chi connectivity index (χ1) is 11.5. The van der Waals surface area contributed by atoms with Gasteiger partial charge in [0.15, 0.2) is 0 Å². The zero-order chi connectivity index (χ0) is 18.8. The van der Waals surface area contributed by atoms with Crippen molar-refractivity contribution in [3.8, 4) is 0 Å². The molecule has 0 unspecified atom stereocenters. The third-order valence-electron chi connectivity index (χ3n) is 6.06. The molecule has 1 aliphatic carbocycles. The van der Waals surface area contributed by atoms with Crippen LogP contribution in [0.2, 0.25) is 0 Å². The smallest absolute Gasteiger partial charge is 0.309 e. The Morgan fingerprint density at radius 1 is 1.12 bits per heavy atom. The highest BCUT2D eigenvalue weighted by atomic mass is 16.4. The number of β-amino-alcohol motifs (C(OH)–C–C–N with tert-alkyl or cyclic N) is 1. The second-order valence-electron chi connectivity index (χ2n) is 9.10. The van der Waals surface area contributed by atoms with Crippen molar-refractivity contribution in [1.29, 1.82) is 0 Å². The van der Waals surface area contributed by atoms with Crippen molar-refractivity contribution < 1.29 is 19.8 Å². The summed E-state index contributed by atoms with van der Waals surface area (Å²) in [7, 11) is 0. The molecule has 0 aromatic carbocycles. The lowest BCUT2D eigenvalue weighted by Crippen LogP contribution is -2.48. The van der Waals surface area contributed by atoms with E-state index in [1.54, 1.807) is 4.90 Å². The fourth-order valence-corrected chi connectivity index (χ4v) is 4.26. The highest BCUT2D eigenvalue weighted by Crippen LogP contribution is 2.41. The lowest BCUT2D eigenvalue weighted by molar-refractivity contribution is -0.143. The topological polar surface area (TPSA) is 81.1 Å². The molecule has 25 heavy (non-hydrogen) atoms. The van der Waals surface area contributed by atoms with Crippen molar-refractivity contribution in [2.24, 2.45) is 17.3 Å². The van der Waals surface area contributed by atoms with Crippen molar-refractivity contribution in [1.82, 2.24) is 9.80 Å². The van der Waals surface area contributed by atoms with Crippen molar-refractivity contribution in [3.63, 3.8) is 0 Å². The minimum atomic E-state index is -0.874. The van der Waals surface area contributed by atoms with Crippen LogP contribution in [0.3, 0.4) is 0 Å². The molecular weight excluding hydrogens is 320 g/mol. The lowest BCUT2D eigenvalue weighted by Gasteiger charge is -2.43. The van der Waals surface area contributed by atoms with E-state index in [9.17, 15) is 19.8 Å². The van der Waals surface area contributed by atoms with E-state index in [0.29, 0.717) is 32.1 Å². The first kappa shape index (κ1) is 20.2. The van der Waals surface area contributed by atoms with Crippen LogP contribution in [0, 0.1) is 17.3 Å². The Morgan fingerprint density at radius 2 is 1.72 bits per heavy atom. The summed E-state index contributed by atoms with van der Waals surface area (Å²) in [6.45, 7) is 10.5. The summed E-state index contributed by atoms with van der Waals surface area (Å²) < 4.78 is 0. The van der Waals surface area contributed by atoms with Gasteiger partial charge in [-0.25, -0.2) is 0 Å². The number of carbonyl (C=O) groups is 2. The zero-order valence-corrected chi connectivity index (χ0v) is 16.1. The molecule has 2 N–H and O–H groups in total. The van der Waals surface area contributed by atoms with Gasteiger partial charge in [-0.1, -0.05) is 20.8 Å². The van der Waals surface area contributed by atoms with Gasteiger partial charge in [-0.3, -0.25) is 14.5 Å². The molecule has 6 nitrogen and oxygen atoms in total. The molecule has 1 amide bonds. The fourth-order valence-electron chi connectivity index (χ4n) is 4.26. The predicted molar refractivity (Wildman–Crippen MR) is 96.2 cm³/mol. The third kappa shape index (κ3) is 5.42. The monoisotopic (exact) mass is 354 g/mol. The van der Waals surface area contributed by atoms with Gasteiger partial charge in [0.2, 0.25) is 5.91 Å². The van der Waals surface area contributed by atoms with Gasteiger partial charge in [0, 0.05) is 39.6 Å². The molecule has 0 radical (unpaired) electrons. The summed E-state index contributed by atoms with van der Waals surface area (Å²) >= 11 is 0. The second-order valence-corrected chi connectivity index (χ2v) is 9.10. The van der Waals surface area contributed by atoms with Gasteiger partial charge in [-0.05, 0) is 37.0 Å². The Labute approximate surface area is 151 Å². The van der Waals surface area contributed by atoms with Gasteiger partial charge < -0.3 is 15.1 Å². The molecule has 2 fully saturated rings. The Kier molecular flexibility index (Phi) is 6.15. The maximum Gasteiger partial charge on any atom is 0.309 e. The molecule has 0 spiro atoms. The molecule has 1 aliphatic heterocycles. The Bertz CT molecular complexity index is 492. The van der Waals surface area contributed by atoms with Gasteiger partial charge in [0.05, 0.1) is 11.5 Å². The number of nitrogens with zero attached hydrogens (tertiary/aromatic N) is 2. The summed E-state index contributed by atoms with van der Waals surface area (Å²) in [4.78, 5) is 26.8. The number of amides is 1. The zero-order valence-electron chi connectivity index (χ0n) is 16.1. The van der Waals surface area contributed by atoms with E-state index in [1.165, 1.54) is 6.92 Å². The molecular formula is C19H34N2O4. The molecule has 0 bridgehead atoms. The van der Waals surface area contributed by atoms with Crippen LogP contribution in [0.4, 0.5) is 0 Å². The van der Waals surface area contributed by atoms with Gasteiger partial charge in [0.25, 0.3) is 0 Å². The number of carboxylic acids is 1. The molecule has 2 rings (SSSR count). The first-order valence-electron chi connectivity index (χ1n) is 9.43. The maximum absolute atomic E-state index is 11.7. The van der Waals surface area contributed by atoms with Crippen molar-refractivity contribution in [2.75, 3.05) is 32.7 Å². The van der Waals surface area contributed by atoms with Crippen LogP contribution in [0.25, 0.3) is 0 Å². The summed E-state index contributed by atoms with van der Waals surface area (Å²) in [5.74, 6) is -0.933. The number of carboxylic acid groups (broad SMARTS) is 1. The molecule has 1 atom stereocenters. The number of aliphatic carboxylic acids is 1. The highest BCUT2D eigenvalue weighted by Gasteiger charge is 2.39. The molecule has 1 heterocycles. The van der Waals surface area contributed by atoms with Crippen LogP contribution in [0.15, 0.2) is 0 Å². The number of aliphatic hydroxyl groups is 1. The van der Waals surface area contributed by atoms with Crippen molar-refractivity contribution in [2.45, 2.75) is 59.0 Å². The average molecular weight is 354 g/mol. The summed E-state index contributed by atoms with van der Waals surface area (Å²) in [6, 6.07) is 0. The SMILES string of the molecule is CC(=O)N1CCN(CC2(O)CCC(C(C)(C)C)CC2)C[C@@H](C(=O)O)C1. The van der Waals surface area contributed by atoms with E-state index >= 15 is 0 Å². The molecule has 0 aromatic rings. The molecule has 0 aromatic heterocycles. The molecule has 1 saturated heterocycles. The van der Waals surface area contributed by atoms with Crippen molar-refractivity contribution in [3.05, 3.63) is 0 Å². The second kappa shape index (κ2) is 7.62. The normalized spacial score (nSPS) is 32.3. The Morgan fingerprint density at radius 3 is 2.20 bits per heavy atom. The van der Waals surface area contributed by atoms with Gasteiger partial charge in [-0.15, -0.1) is 0 Å². The van der Waals surface area contributed by atoms with Crippen LogP contribution in [-0.2, 0) is 9.59 Å². The molecule has 2 aliphatic rings. The van der Waals surface area contributed by atoms with E-state index < -0.39 is 17.5 Å². The quantitative estimate of drug-likeness (QED) is 0.808. The maximum atomic E-state index is 11.7. The first-order valence-corrected chi connectivity index (χ1v) is 9.43. The number of carbonyl (C=O) groups excluding carboxylic acids is 1. The van der Waals surface area contributed by atoms with Crippen molar-refractivity contribution >= 4 is 11.9 Å². The predicted octanol–water partition coefficient (Wildman–Crippen LogP) is 1.82. The Balaban J connectivity index is 1.99. The van der Waals surface area contributed by atoms with Crippen LogP contribution in [0.5, 0.6) is 0 Å².